The van der Waals surface area contributed by atoms with Crippen molar-refractivity contribution < 1.29 is 4.79 Å². The highest BCUT2D eigenvalue weighted by Crippen LogP contribution is 2.61. The van der Waals surface area contributed by atoms with Crippen molar-refractivity contribution in [2.24, 2.45) is 23.2 Å². The lowest BCUT2D eigenvalue weighted by Gasteiger charge is -2.56. The molecule has 0 unspecified atom stereocenters. The fraction of sp³-hybridized carbons (Fsp3) is 0.765. The zero-order valence-corrected chi connectivity index (χ0v) is 12.8. The molecule has 5 rings (SSSR count). The Hall–Kier alpha value is -1.32. The van der Waals surface area contributed by atoms with Crippen LogP contribution in [0.5, 0.6) is 0 Å². The third kappa shape index (κ3) is 2.39. The molecule has 1 aromatic heterocycles. The van der Waals surface area contributed by atoms with Gasteiger partial charge in [-0.15, -0.1) is 0 Å². The second-order valence-electron chi connectivity index (χ2n) is 7.77. The van der Waals surface area contributed by atoms with Crippen molar-refractivity contribution in [2.75, 3.05) is 5.32 Å². The highest BCUT2D eigenvalue weighted by molar-refractivity contribution is 5.90. The standard InChI is InChI=1S/C17H25N3O/c1-2-14-10-18-20-16(14)19-15(21)9-17-6-11-3-12(7-17)5-13(4-11)8-17/h10-13H,2-9H2,1H3,(H2,18,19,20,21). The Morgan fingerprint density at radius 2 is 1.90 bits per heavy atom. The van der Waals surface area contributed by atoms with E-state index >= 15 is 0 Å². The van der Waals surface area contributed by atoms with Gasteiger partial charge in [0.25, 0.3) is 0 Å². The summed E-state index contributed by atoms with van der Waals surface area (Å²) in [6.07, 6.45) is 11.6. The molecule has 1 heterocycles. The molecule has 0 saturated heterocycles. The van der Waals surface area contributed by atoms with Crippen molar-refractivity contribution in [1.29, 1.82) is 0 Å². The quantitative estimate of drug-likeness (QED) is 0.890. The third-order valence-electron chi connectivity index (χ3n) is 6.06. The van der Waals surface area contributed by atoms with E-state index in [1.807, 2.05) is 0 Å². The van der Waals surface area contributed by atoms with E-state index in [0.717, 1.165) is 35.6 Å². The average molecular weight is 287 g/mol. The van der Waals surface area contributed by atoms with Gasteiger partial charge in [0, 0.05) is 12.0 Å². The van der Waals surface area contributed by atoms with Crippen molar-refractivity contribution >= 4 is 11.7 Å². The lowest BCUT2D eigenvalue weighted by molar-refractivity contribution is -0.124. The number of aryl methyl sites for hydroxylation is 1. The summed E-state index contributed by atoms with van der Waals surface area (Å²) in [6, 6.07) is 0. The normalized spacial score (nSPS) is 36.9. The minimum absolute atomic E-state index is 0.177. The van der Waals surface area contributed by atoms with Crippen LogP contribution in [-0.2, 0) is 11.2 Å². The summed E-state index contributed by atoms with van der Waals surface area (Å²) in [7, 11) is 0. The molecule has 0 spiro atoms. The van der Waals surface area contributed by atoms with E-state index in [-0.39, 0.29) is 5.91 Å². The lowest BCUT2D eigenvalue weighted by Crippen LogP contribution is -2.47. The zero-order chi connectivity index (χ0) is 14.4. The molecular formula is C17H25N3O. The van der Waals surface area contributed by atoms with Crippen molar-refractivity contribution in [3.63, 3.8) is 0 Å². The van der Waals surface area contributed by atoms with Gasteiger partial charge in [0.15, 0.2) is 0 Å². The van der Waals surface area contributed by atoms with E-state index in [1.165, 1.54) is 38.5 Å². The molecule has 4 nitrogen and oxygen atoms in total. The smallest absolute Gasteiger partial charge is 0.226 e. The van der Waals surface area contributed by atoms with Gasteiger partial charge in [-0.2, -0.15) is 5.10 Å². The van der Waals surface area contributed by atoms with Crippen molar-refractivity contribution in [3.8, 4) is 0 Å². The van der Waals surface area contributed by atoms with Crippen LogP contribution in [0.3, 0.4) is 0 Å². The van der Waals surface area contributed by atoms with Crippen molar-refractivity contribution in [2.45, 2.75) is 58.3 Å². The first-order valence-corrected chi connectivity index (χ1v) is 8.48. The number of aromatic amines is 1. The van der Waals surface area contributed by atoms with Gasteiger partial charge >= 0.3 is 0 Å². The third-order valence-corrected chi connectivity index (χ3v) is 6.06. The summed E-state index contributed by atoms with van der Waals surface area (Å²) >= 11 is 0. The molecule has 4 heteroatoms. The predicted octanol–water partition coefficient (Wildman–Crippen LogP) is 3.52. The van der Waals surface area contributed by atoms with Gasteiger partial charge in [-0.3, -0.25) is 9.89 Å². The first-order valence-electron chi connectivity index (χ1n) is 8.48. The molecule has 114 valence electrons. The molecule has 4 aliphatic rings. The lowest BCUT2D eigenvalue weighted by atomic mass is 9.49. The van der Waals surface area contributed by atoms with Crippen molar-refractivity contribution in [1.82, 2.24) is 10.2 Å². The number of rotatable bonds is 4. The summed E-state index contributed by atoms with van der Waals surface area (Å²) in [4.78, 5) is 12.5. The number of hydrogen-bond donors (Lipinski definition) is 2. The maximum Gasteiger partial charge on any atom is 0.226 e. The van der Waals surface area contributed by atoms with Gasteiger partial charge in [0.05, 0.1) is 6.20 Å². The molecule has 4 fully saturated rings. The monoisotopic (exact) mass is 287 g/mol. The molecule has 1 aromatic rings. The van der Waals surface area contributed by atoms with Gasteiger partial charge < -0.3 is 5.32 Å². The molecule has 4 saturated carbocycles. The van der Waals surface area contributed by atoms with Gasteiger partial charge in [0.2, 0.25) is 5.91 Å². The van der Waals surface area contributed by atoms with Crippen LogP contribution in [0.4, 0.5) is 5.82 Å². The maximum absolute atomic E-state index is 12.5. The molecule has 0 atom stereocenters. The average Bonchev–Trinajstić information content (AvgIpc) is 2.83. The number of hydrogen-bond acceptors (Lipinski definition) is 2. The number of carbonyl (C=O) groups excluding carboxylic acids is 1. The summed E-state index contributed by atoms with van der Waals surface area (Å²) in [6.45, 7) is 2.08. The molecular weight excluding hydrogens is 262 g/mol. The Balaban J connectivity index is 1.45. The molecule has 21 heavy (non-hydrogen) atoms. The summed E-state index contributed by atoms with van der Waals surface area (Å²) in [5, 5.41) is 10.0. The fourth-order valence-electron chi connectivity index (χ4n) is 5.72. The zero-order valence-electron chi connectivity index (χ0n) is 12.8. The highest BCUT2D eigenvalue weighted by Gasteiger charge is 2.51. The van der Waals surface area contributed by atoms with E-state index in [0.29, 0.717) is 11.8 Å². The van der Waals surface area contributed by atoms with Gasteiger partial charge in [0.1, 0.15) is 5.82 Å². The number of nitrogens with one attached hydrogen (secondary N) is 2. The van der Waals surface area contributed by atoms with Crippen LogP contribution in [0.25, 0.3) is 0 Å². The van der Waals surface area contributed by atoms with Gasteiger partial charge in [-0.25, -0.2) is 0 Å². The minimum Gasteiger partial charge on any atom is -0.311 e. The second-order valence-corrected chi connectivity index (χ2v) is 7.77. The van der Waals surface area contributed by atoms with E-state index in [4.69, 9.17) is 0 Å². The van der Waals surface area contributed by atoms with Crippen LogP contribution in [0.2, 0.25) is 0 Å². The maximum atomic E-state index is 12.5. The number of H-pyrrole nitrogens is 1. The fourth-order valence-corrected chi connectivity index (χ4v) is 5.72. The van der Waals surface area contributed by atoms with Crippen molar-refractivity contribution in [3.05, 3.63) is 11.8 Å². The Morgan fingerprint density at radius 1 is 1.29 bits per heavy atom. The molecule has 4 bridgehead atoms. The highest BCUT2D eigenvalue weighted by atomic mass is 16.1. The van der Waals surface area contributed by atoms with Gasteiger partial charge in [-0.05, 0) is 68.1 Å². The number of nitrogens with zero attached hydrogens (tertiary/aromatic N) is 1. The number of aromatic nitrogens is 2. The van der Waals surface area contributed by atoms with Crippen LogP contribution < -0.4 is 5.32 Å². The first-order chi connectivity index (χ1) is 10.2. The molecule has 4 aliphatic carbocycles. The predicted molar refractivity (Wildman–Crippen MR) is 81.8 cm³/mol. The summed E-state index contributed by atoms with van der Waals surface area (Å²) < 4.78 is 0. The molecule has 0 aliphatic heterocycles. The number of amides is 1. The number of anilines is 1. The van der Waals surface area contributed by atoms with Crippen LogP contribution in [0, 0.1) is 23.2 Å². The summed E-state index contributed by atoms with van der Waals surface area (Å²) in [5.41, 5.74) is 1.40. The largest absolute Gasteiger partial charge is 0.311 e. The Kier molecular flexibility index (Phi) is 3.09. The Labute approximate surface area is 126 Å². The topological polar surface area (TPSA) is 57.8 Å². The summed E-state index contributed by atoms with van der Waals surface area (Å²) in [5.74, 6) is 3.69. The van der Waals surface area contributed by atoms with E-state index in [2.05, 4.69) is 22.4 Å². The Morgan fingerprint density at radius 3 is 2.48 bits per heavy atom. The van der Waals surface area contributed by atoms with E-state index in [9.17, 15) is 4.79 Å². The van der Waals surface area contributed by atoms with Gasteiger partial charge in [-0.1, -0.05) is 6.92 Å². The molecule has 1 amide bonds. The second kappa shape index (κ2) is 4.85. The van der Waals surface area contributed by atoms with E-state index in [1.54, 1.807) is 6.20 Å². The molecule has 0 radical (unpaired) electrons. The van der Waals surface area contributed by atoms with Crippen LogP contribution in [0.1, 0.15) is 57.4 Å². The molecule has 2 N–H and O–H groups in total. The minimum atomic E-state index is 0.177. The van der Waals surface area contributed by atoms with Crippen LogP contribution in [0.15, 0.2) is 6.20 Å². The SMILES string of the molecule is CCc1cn[nH]c1NC(=O)CC12CC3CC(CC(C3)C1)C2. The first kappa shape index (κ1) is 13.4. The number of carbonyl (C=O) groups is 1. The van der Waals surface area contributed by atoms with Crippen LogP contribution >= 0.6 is 0 Å². The molecule has 0 aromatic carbocycles. The van der Waals surface area contributed by atoms with Crippen LogP contribution in [-0.4, -0.2) is 16.1 Å². The Bertz CT molecular complexity index is 513. The van der Waals surface area contributed by atoms with E-state index < -0.39 is 0 Å².